The van der Waals surface area contributed by atoms with E-state index in [1.807, 2.05) is 0 Å². The minimum atomic E-state index is -0.0200. The van der Waals surface area contributed by atoms with Crippen LogP contribution < -0.4 is 5.56 Å². The summed E-state index contributed by atoms with van der Waals surface area (Å²) in [6, 6.07) is 8.08. The van der Waals surface area contributed by atoms with Crippen molar-refractivity contribution >= 4 is 21.8 Å². The average molecular weight is 240 g/mol. The van der Waals surface area contributed by atoms with Gasteiger partial charge >= 0.3 is 0 Å². The third kappa shape index (κ3) is 1.40. The Bertz CT molecular complexity index is 809. The van der Waals surface area contributed by atoms with Gasteiger partial charge in [0.05, 0.1) is 5.52 Å². The van der Waals surface area contributed by atoms with Crippen LogP contribution in [0.15, 0.2) is 29.1 Å². The molecule has 0 aliphatic carbocycles. The van der Waals surface area contributed by atoms with Gasteiger partial charge in [0.2, 0.25) is 5.56 Å². The van der Waals surface area contributed by atoms with Crippen LogP contribution in [0.25, 0.3) is 21.8 Å². The highest BCUT2D eigenvalue weighted by atomic mass is 16.1. The van der Waals surface area contributed by atoms with E-state index < -0.39 is 0 Å². The molecule has 0 fully saturated rings. The van der Waals surface area contributed by atoms with Crippen LogP contribution in [0.1, 0.15) is 18.2 Å². The van der Waals surface area contributed by atoms with Gasteiger partial charge in [-0.1, -0.05) is 18.6 Å². The Morgan fingerprint density at radius 3 is 2.72 bits per heavy atom. The zero-order valence-corrected chi connectivity index (χ0v) is 10.9. The second-order valence-electron chi connectivity index (χ2n) is 4.81. The molecule has 0 aliphatic rings. The first-order valence-corrected chi connectivity index (χ1v) is 6.22. The van der Waals surface area contributed by atoms with Gasteiger partial charge in [0.15, 0.2) is 0 Å². The van der Waals surface area contributed by atoms with Gasteiger partial charge < -0.3 is 9.55 Å². The molecular weight excluding hydrogens is 224 g/mol. The van der Waals surface area contributed by atoms with Gasteiger partial charge in [-0.25, -0.2) is 0 Å². The molecule has 0 amide bonds. The minimum Gasteiger partial charge on any atom is -0.342 e. The predicted octanol–water partition coefficient (Wildman–Crippen LogP) is 2.89. The van der Waals surface area contributed by atoms with Crippen molar-refractivity contribution in [3.63, 3.8) is 0 Å². The van der Waals surface area contributed by atoms with E-state index in [0.717, 1.165) is 28.4 Å². The Kier molecular flexibility index (Phi) is 2.30. The molecule has 2 heterocycles. The van der Waals surface area contributed by atoms with Crippen LogP contribution in [0.3, 0.4) is 0 Å². The first-order chi connectivity index (χ1) is 8.61. The van der Waals surface area contributed by atoms with Crippen molar-refractivity contribution in [3.8, 4) is 0 Å². The van der Waals surface area contributed by atoms with Crippen LogP contribution in [0.4, 0.5) is 0 Å². The summed E-state index contributed by atoms with van der Waals surface area (Å²) in [4.78, 5) is 14.7. The summed E-state index contributed by atoms with van der Waals surface area (Å²) in [6.07, 6.45) is 0.829. The molecule has 3 rings (SSSR count). The van der Waals surface area contributed by atoms with Crippen molar-refractivity contribution in [2.24, 2.45) is 7.05 Å². The highest BCUT2D eigenvalue weighted by Crippen LogP contribution is 2.29. The lowest BCUT2D eigenvalue weighted by atomic mass is 10.1. The van der Waals surface area contributed by atoms with Crippen molar-refractivity contribution < 1.29 is 0 Å². The number of fused-ring (bicyclic) bond motifs is 3. The fourth-order valence-electron chi connectivity index (χ4n) is 2.73. The van der Waals surface area contributed by atoms with Crippen LogP contribution in [0, 0.1) is 6.92 Å². The maximum absolute atomic E-state index is 11.7. The van der Waals surface area contributed by atoms with E-state index >= 15 is 0 Å². The van der Waals surface area contributed by atoms with Crippen LogP contribution in [0.5, 0.6) is 0 Å². The summed E-state index contributed by atoms with van der Waals surface area (Å²) in [7, 11) is 2.05. The molecule has 0 unspecified atom stereocenters. The third-order valence-electron chi connectivity index (χ3n) is 3.58. The van der Waals surface area contributed by atoms with Crippen molar-refractivity contribution in [2.75, 3.05) is 0 Å². The molecule has 1 aromatic carbocycles. The van der Waals surface area contributed by atoms with E-state index in [4.69, 9.17) is 0 Å². The largest absolute Gasteiger partial charge is 0.342 e. The SMILES string of the molecule is CCc1[nH]c(=O)cc2c3cc(C)ccc3n(C)c12. The molecule has 0 atom stereocenters. The number of H-pyrrole nitrogens is 1. The average Bonchev–Trinajstić information content (AvgIpc) is 2.62. The lowest BCUT2D eigenvalue weighted by molar-refractivity contribution is 0.959. The predicted molar refractivity (Wildman–Crippen MR) is 75.2 cm³/mol. The van der Waals surface area contributed by atoms with Crippen LogP contribution in [-0.4, -0.2) is 9.55 Å². The molecule has 0 aliphatic heterocycles. The fraction of sp³-hybridized carbons (Fsp3) is 0.267. The van der Waals surface area contributed by atoms with E-state index in [1.165, 1.54) is 11.1 Å². The van der Waals surface area contributed by atoms with Crippen molar-refractivity contribution in [2.45, 2.75) is 20.3 Å². The highest BCUT2D eigenvalue weighted by Gasteiger charge is 2.12. The Balaban J connectivity index is 2.64. The van der Waals surface area contributed by atoms with Gasteiger partial charge in [-0.05, 0) is 25.5 Å². The Hall–Kier alpha value is -2.03. The van der Waals surface area contributed by atoms with Gasteiger partial charge in [-0.15, -0.1) is 0 Å². The molecule has 2 aromatic heterocycles. The van der Waals surface area contributed by atoms with E-state index in [1.54, 1.807) is 6.07 Å². The van der Waals surface area contributed by atoms with Gasteiger partial charge in [-0.2, -0.15) is 0 Å². The molecule has 0 saturated heterocycles. The fourth-order valence-corrected chi connectivity index (χ4v) is 2.73. The number of hydrogen-bond donors (Lipinski definition) is 1. The Morgan fingerprint density at radius 1 is 1.22 bits per heavy atom. The molecule has 3 nitrogen and oxygen atoms in total. The minimum absolute atomic E-state index is 0.0200. The molecule has 3 heteroatoms. The summed E-state index contributed by atoms with van der Waals surface area (Å²) < 4.78 is 2.17. The number of hydrogen-bond acceptors (Lipinski definition) is 1. The first kappa shape index (κ1) is 11.1. The molecule has 0 saturated carbocycles. The lowest BCUT2D eigenvalue weighted by Crippen LogP contribution is -2.08. The van der Waals surface area contributed by atoms with Gasteiger partial charge in [-0.3, -0.25) is 4.79 Å². The Labute approximate surface area is 105 Å². The summed E-state index contributed by atoms with van der Waals surface area (Å²) in [6.45, 7) is 4.14. The second-order valence-corrected chi connectivity index (χ2v) is 4.81. The molecular formula is C15H16N2O. The summed E-state index contributed by atoms with van der Waals surface area (Å²) in [5.74, 6) is 0. The maximum Gasteiger partial charge on any atom is 0.248 e. The van der Waals surface area contributed by atoms with Gasteiger partial charge in [0.1, 0.15) is 0 Å². The first-order valence-electron chi connectivity index (χ1n) is 6.22. The lowest BCUT2D eigenvalue weighted by Gasteiger charge is -2.03. The maximum atomic E-state index is 11.7. The second kappa shape index (κ2) is 3.73. The van der Waals surface area contributed by atoms with Crippen LogP contribution in [-0.2, 0) is 13.5 Å². The number of nitrogens with zero attached hydrogens (tertiary/aromatic N) is 1. The zero-order chi connectivity index (χ0) is 12.9. The normalized spacial score (nSPS) is 11.5. The van der Waals surface area contributed by atoms with E-state index in [0.29, 0.717) is 0 Å². The smallest absolute Gasteiger partial charge is 0.248 e. The van der Waals surface area contributed by atoms with Crippen molar-refractivity contribution in [3.05, 3.63) is 45.9 Å². The number of aromatic amines is 1. The molecule has 1 N–H and O–H groups in total. The molecule has 0 bridgehead atoms. The number of pyridine rings is 1. The van der Waals surface area contributed by atoms with Crippen molar-refractivity contribution in [1.82, 2.24) is 9.55 Å². The van der Waals surface area contributed by atoms with E-state index in [9.17, 15) is 4.79 Å². The monoisotopic (exact) mass is 240 g/mol. The zero-order valence-electron chi connectivity index (χ0n) is 10.9. The van der Waals surface area contributed by atoms with Crippen LogP contribution in [0.2, 0.25) is 0 Å². The number of rotatable bonds is 1. The highest BCUT2D eigenvalue weighted by molar-refractivity contribution is 6.08. The molecule has 18 heavy (non-hydrogen) atoms. The number of aromatic nitrogens is 2. The summed E-state index contributed by atoms with van der Waals surface area (Å²) in [5, 5.41) is 2.21. The van der Waals surface area contributed by atoms with E-state index in [-0.39, 0.29) is 5.56 Å². The van der Waals surface area contributed by atoms with E-state index in [2.05, 4.69) is 48.6 Å². The molecule has 3 aromatic rings. The Morgan fingerprint density at radius 2 is 2.00 bits per heavy atom. The number of benzene rings is 1. The summed E-state index contributed by atoms with van der Waals surface area (Å²) >= 11 is 0. The molecule has 0 radical (unpaired) electrons. The number of nitrogens with one attached hydrogen (secondary N) is 1. The quantitative estimate of drug-likeness (QED) is 0.697. The van der Waals surface area contributed by atoms with Gasteiger partial charge in [0.25, 0.3) is 0 Å². The van der Waals surface area contributed by atoms with Gasteiger partial charge in [0, 0.05) is 35.1 Å². The van der Waals surface area contributed by atoms with Crippen molar-refractivity contribution in [1.29, 1.82) is 0 Å². The molecule has 0 spiro atoms. The molecule has 92 valence electrons. The topological polar surface area (TPSA) is 37.8 Å². The standard InChI is InChI=1S/C15H16N2O/c1-4-12-15-11(8-14(18)16-12)10-7-9(2)5-6-13(10)17(15)3/h5-8H,4H2,1-3H3,(H,16,18). The summed E-state index contributed by atoms with van der Waals surface area (Å²) in [5.41, 5.74) is 4.51. The third-order valence-corrected chi connectivity index (χ3v) is 3.58. The van der Waals surface area contributed by atoms with Crippen LogP contribution >= 0.6 is 0 Å². The number of aryl methyl sites for hydroxylation is 3.